The lowest BCUT2D eigenvalue weighted by atomic mass is 9.81. The molecule has 0 saturated heterocycles. The van der Waals surface area contributed by atoms with Crippen LogP contribution in [0.3, 0.4) is 0 Å². The second-order valence-corrected chi connectivity index (χ2v) is 14.4. The van der Waals surface area contributed by atoms with Crippen LogP contribution in [0.2, 0.25) is 0 Å². The fraction of sp³-hybridized carbons (Fsp3) is 0.0612. The quantitative estimate of drug-likeness (QED) is 0.139. The van der Waals surface area contributed by atoms with Crippen LogP contribution in [-0.4, -0.2) is 0 Å². The van der Waals surface area contributed by atoms with Gasteiger partial charge in [0.2, 0.25) is 0 Å². The minimum atomic E-state index is -0.0338. The number of furan rings is 1. The number of rotatable bonds is 3. The Labute approximate surface area is 290 Å². The normalized spacial score (nSPS) is 13.6. The predicted molar refractivity (Wildman–Crippen MR) is 212 cm³/mol. The summed E-state index contributed by atoms with van der Waals surface area (Å²) in [5, 5.41) is 12.8. The molecule has 1 heterocycles. The van der Waals surface area contributed by atoms with Crippen LogP contribution >= 0.6 is 0 Å². The first-order valence-electron chi connectivity index (χ1n) is 17.5. The zero-order valence-electron chi connectivity index (χ0n) is 27.9. The van der Waals surface area contributed by atoms with Crippen molar-refractivity contribution in [2.75, 3.05) is 0 Å². The van der Waals surface area contributed by atoms with Gasteiger partial charge in [-0.15, -0.1) is 0 Å². The summed E-state index contributed by atoms with van der Waals surface area (Å²) in [6, 6.07) is 58.1. The van der Waals surface area contributed by atoms with Gasteiger partial charge in [-0.1, -0.05) is 141 Å². The minimum absolute atomic E-state index is 0.0338. The summed E-state index contributed by atoms with van der Waals surface area (Å²) < 4.78 is 6.28. The molecule has 0 radical (unpaired) electrons. The van der Waals surface area contributed by atoms with E-state index in [-0.39, 0.29) is 5.41 Å². The van der Waals surface area contributed by atoms with Crippen molar-refractivity contribution in [1.82, 2.24) is 0 Å². The molecule has 50 heavy (non-hydrogen) atoms. The van der Waals surface area contributed by atoms with E-state index < -0.39 is 0 Å². The lowest BCUT2D eigenvalue weighted by Crippen LogP contribution is -2.14. The van der Waals surface area contributed by atoms with Crippen LogP contribution in [0, 0.1) is 0 Å². The summed E-state index contributed by atoms with van der Waals surface area (Å²) >= 11 is 0. The van der Waals surface area contributed by atoms with Crippen LogP contribution in [0.25, 0.3) is 98.4 Å². The first kappa shape index (κ1) is 27.7. The largest absolute Gasteiger partial charge is 0.456 e. The van der Waals surface area contributed by atoms with Crippen molar-refractivity contribution in [3.8, 4) is 33.4 Å². The molecule has 0 spiro atoms. The van der Waals surface area contributed by atoms with Gasteiger partial charge in [0.1, 0.15) is 11.2 Å². The van der Waals surface area contributed by atoms with Gasteiger partial charge in [0.05, 0.1) is 0 Å². The second kappa shape index (κ2) is 9.94. The molecule has 234 valence electrons. The highest BCUT2D eigenvalue weighted by Crippen LogP contribution is 2.53. The zero-order chi connectivity index (χ0) is 33.1. The SMILES string of the molecule is CC1(C)c2cccc3cc(-c4c5ccccc5c(-c5cccc(-c6ccc7c(c6)oc6ccccc67)c5)c5ccccc45)c4cccc1c4c23. The van der Waals surface area contributed by atoms with E-state index in [1.807, 2.05) is 12.1 Å². The highest BCUT2D eigenvalue weighted by molar-refractivity contribution is 6.27. The molecule has 0 saturated carbocycles. The van der Waals surface area contributed by atoms with Crippen molar-refractivity contribution in [1.29, 1.82) is 0 Å². The van der Waals surface area contributed by atoms with Crippen molar-refractivity contribution < 1.29 is 4.42 Å². The maximum Gasteiger partial charge on any atom is 0.136 e. The molecule has 1 aromatic heterocycles. The molecule has 1 aliphatic carbocycles. The Bertz CT molecular complexity index is 3010. The molecule has 0 aliphatic heterocycles. The van der Waals surface area contributed by atoms with Gasteiger partial charge in [-0.2, -0.15) is 0 Å². The molecule has 0 N–H and O–H groups in total. The monoisotopic (exact) mass is 636 g/mol. The Morgan fingerprint density at radius 2 is 0.940 bits per heavy atom. The topological polar surface area (TPSA) is 13.1 Å². The van der Waals surface area contributed by atoms with Crippen LogP contribution in [-0.2, 0) is 5.41 Å². The molecule has 0 bridgehead atoms. The molecule has 1 heteroatoms. The van der Waals surface area contributed by atoms with Gasteiger partial charge in [0.15, 0.2) is 0 Å². The summed E-state index contributed by atoms with van der Waals surface area (Å²) in [4.78, 5) is 0. The van der Waals surface area contributed by atoms with E-state index in [1.54, 1.807) is 0 Å². The molecule has 10 aromatic rings. The van der Waals surface area contributed by atoms with E-state index in [4.69, 9.17) is 4.42 Å². The van der Waals surface area contributed by atoms with Crippen molar-refractivity contribution in [2.45, 2.75) is 19.3 Å². The molecular weight excluding hydrogens is 605 g/mol. The van der Waals surface area contributed by atoms with E-state index in [0.717, 1.165) is 27.5 Å². The van der Waals surface area contributed by atoms with Crippen LogP contribution in [0.15, 0.2) is 162 Å². The van der Waals surface area contributed by atoms with Crippen LogP contribution in [0.1, 0.15) is 25.0 Å². The molecular formula is C49H32O. The third-order valence-corrected chi connectivity index (χ3v) is 11.4. The molecule has 1 nitrogen and oxygen atoms in total. The first-order chi connectivity index (χ1) is 24.6. The van der Waals surface area contributed by atoms with Gasteiger partial charge in [-0.05, 0) is 118 Å². The van der Waals surface area contributed by atoms with Gasteiger partial charge in [-0.3, -0.25) is 0 Å². The van der Waals surface area contributed by atoms with Crippen molar-refractivity contribution in [3.05, 3.63) is 169 Å². The molecule has 11 rings (SSSR count). The van der Waals surface area contributed by atoms with Gasteiger partial charge >= 0.3 is 0 Å². The average molecular weight is 637 g/mol. The van der Waals surface area contributed by atoms with Crippen LogP contribution in [0.5, 0.6) is 0 Å². The predicted octanol–water partition coefficient (Wildman–Crippen LogP) is 13.8. The average Bonchev–Trinajstić information content (AvgIpc) is 3.65. The van der Waals surface area contributed by atoms with Crippen molar-refractivity contribution in [2.24, 2.45) is 0 Å². The Hall–Kier alpha value is -6.18. The van der Waals surface area contributed by atoms with E-state index >= 15 is 0 Å². The van der Waals surface area contributed by atoms with Crippen LogP contribution < -0.4 is 0 Å². The molecule has 9 aromatic carbocycles. The Morgan fingerprint density at radius 1 is 0.380 bits per heavy atom. The second-order valence-electron chi connectivity index (χ2n) is 14.4. The molecule has 0 fully saturated rings. The third kappa shape index (κ3) is 3.67. The lowest BCUT2D eigenvalue weighted by molar-refractivity contribution is 0.663. The zero-order valence-corrected chi connectivity index (χ0v) is 27.9. The highest BCUT2D eigenvalue weighted by atomic mass is 16.3. The van der Waals surface area contributed by atoms with Gasteiger partial charge in [0, 0.05) is 16.2 Å². The van der Waals surface area contributed by atoms with E-state index in [1.165, 1.54) is 82.0 Å². The van der Waals surface area contributed by atoms with Crippen molar-refractivity contribution >= 4 is 65.0 Å². The van der Waals surface area contributed by atoms with Gasteiger partial charge < -0.3 is 4.42 Å². The summed E-state index contributed by atoms with van der Waals surface area (Å²) in [5.74, 6) is 0. The fourth-order valence-corrected chi connectivity index (χ4v) is 9.13. The smallest absolute Gasteiger partial charge is 0.136 e. The summed E-state index contributed by atoms with van der Waals surface area (Å²) in [6.07, 6.45) is 0. The maximum atomic E-state index is 6.28. The maximum absolute atomic E-state index is 6.28. The van der Waals surface area contributed by atoms with Gasteiger partial charge in [-0.25, -0.2) is 0 Å². The Kier molecular flexibility index (Phi) is 5.51. The molecule has 1 aliphatic rings. The molecule has 0 amide bonds. The number of para-hydroxylation sites is 1. The molecule has 0 atom stereocenters. The van der Waals surface area contributed by atoms with Crippen molar-refractivity contribution in [3.63, 3.8) is 0 Å². The number of fused-ring (bicyclic) bond motifs is 5. The summed E-state index contributed by atoms with van der Waals surface area (Å²) in [5.41, 5.74) is 12.1. The van der Waals surface area contributed by atoms with Gasteiger partial charge in [0.25, 0.3) is 0 Å². The fourth-order valence-electron chi connectivity index (χ4n) is 9.13. The molecule has 0 unspecified atom stereocenters. The summed E-state index contributed by atoms with van der Waals surface area (Å²) in [7, 11) is 0. The Morgan fingerprint density at radius 3 is 1.70 bits per heavy atom. The lowest BCUT2D eigenvalue weighted by Gasteiger charge is -2.21. The third-order valence-electron chi connectivity index (χ3n) is 11.4. The first-order valence-corrected chi connectivity index (χ1v) is 17.5. The van der Waals surface area contributed by atoms with E-state index in [2.05, 4.69) is 159 Å². The van der Waals surface area contributed by atoms with Crippen LogP contribution in [0.4, 0.5) is 0 Å². The minimum Gasteiger partial charge on any atom is -0.456 e. The van der Waals surface area contributed by atoms with E-state index in [9.17, 15) is 0 Å². The Balaban J connectivity index is 1.18. The number of hydrogen-bond acceptors (Lipinski definition) is 1. The number of hydrogen-bond donors (Lipinski definition) is 0. The van der Waals surface area contributed by atoms with E-state index in [0.29, 0.717) is 0 Å². The standard InChI is InChI=1S/C49H32O/c1-49(2)41-21-10-14-32-27-40(39-20-11-22-42(49)48(39)46(32)41)47-37-18-5-3-16-35(37)45(36-17-4-6-19-38(36)47)31-13-9-12-29(26-31)30-24-25-34-33-15-7-8-23-43(33)50-44(34)28-30/h3-28H,1-2H3. The number of benzene rings is 9. The highest BCUT2D eigenvalue weighted by Gasteiger charge is 2.34. The summed E-state index contributed by atoms with van der Waals surface area (Å²) in [6.45, 7) is 4.75.